The number of aliphatic carboxylic acids is 1. The quantitative estimate of drug-likeness (QED) is 0.436. The summed E-state index contributed by atoms with van der Waals surface area (Å²) in [6.45, 7) is 0.226. The van der Waals surface area contributed by atoms with Crippen LogP contribution in [0.4, 0.5) is 0 Å². The van der Waals surface area contributed by atoms with Crippen LogP contribution in [0.1, 0.15) is 11.1 Å². The van der Waals surface area contributed by atoms with Crippen LogP contribution in [-0.2, 0) is 16.1 Å². The first-order valence-corrected chi connectivity index (χ1v) is 8.67. The molecule has 0 atom stereocenters. The number of benzene rings is 3. The Kier molecular flexibility index (Phi) is 6.31. The van der Waals surface area contributed by atoms with Gasteiger partial charge in [-0.05, 0) is 47.5 Å². The van der Waals surface area contributed by atoms with E-state index in [0.29, 0.717) is 17.1 Å². The van der Waals surface area contributed by atoms with Crippen molar-refractivity contribution in [1.29, 1.82) is 0 Å². The Morgan fingerprint density at radius 3 is 2.14 bits per heavy atom. The van der Waals surface area contributed by atoms with Crippen LogP contribution in [0.15, 0.2) is 85.1 Å². The number of para-hydroxylation sites is 1. The first-order valence-electron chi connectivity index (χ1n) is 8.67. The summed E-state index contributed by atoms with van der Waals surface area (Å²) in [4.78, 5) is 11.5. The molecule has 0 amide bonds. The third kappa shape index (κ3) is 4.92. The van der Waals surface area contributed by atoms with Gasteiger partial charge in [-0.1, -0.05) is 42.5 Å². The molecule has 3 aromatic rings. The Bertz CT molecular complexity index is 946. The molecule has 0 aliphatic carbocycles. The first kappa shape index (κ1) is 19.0. The maximum absolute atomic E-state index is 11.5. The highest BCUT2D eigenvalue weighted by molar-refractivity contribution is 6.15. The van der Waals surface area contributed by atoms with Crippen molar-refractivity contribution in [2.45, 2.75) is 6.61 Å². The molecule has 142 valence electrons. The Hall–Kier alpha value is -3.73. The van der Waals surface area contributed by atoms with Gasteiger partial charge >= 0.3 is 5.97 Å². The molecule has 0 aliphatic heterocycles. The fourth-order valence-corrected chi connectivity index (χ4v) is 2.65. The van der Waals surface area contributed by atoms with Gasteiger partial charge < -0.3 is 19.3 Å². The van der Waals surface area contributed by atoms with E-state index in [0.717, 1.165) is 11.3 Å². The van der Waals surface area contributed by atoms with Crippen molar-refractivity contribution in [2.24, 2.45) is 0 Å². The fourth-order valence-electron chi connectivity index (χ4n) is 2.65. The summed E-state index contributed by atoms with van der Waals surface area (Å²) < 4.78 is 16.5. The molecule has 0 unspecified atom stereocenters. The van der Waals surface area contributed by atoms with Crippen LogP contribution in [-0.4, -0.2) is 18.2 Å². The van der Waals surface area contributed by atoms with Gasteiger partial charge in [0.05, 0.1) is 13.4 Å². The molecule has 0 heterocycles. The number of rotatable bonds is 8. The van der Waals surface area contributed by atoms with Crippen LogP contribution in [0.3, 0.4) is 0 Å². The Labute approximate surface area is 163 Å². The normalized spacial score (nSPS) is 11.0. The van der Waals surface area contributed by atoms with E-state index in [2.05, 4.69) is 0 Å². The van der Waals surface area contributed by atoms with Crippen LogP contribution in [0.2, 0.25) is 0 Å². The van der Waals surface area contributed by atoms with Gasteiger partial charge in [-0.2, -0.15) is 0 Å². The van der Waals surface area contributed by atoms with E-state index in [1.807, 2.05) is 66.7 Å². The highest BCUT2D eigenvalue weighted by Crippen LogP contribution is 2.25. The maximum atomic E-state index is 11.5. The number of hydrogen-bond acceptors (Lipinski definition) is 4. The van der Waals surface area contributed by atoms with Crippen LogP contribution >= 0.6 is 0 Å². The van der Waals surface area contributed by atoms with E-state index in [-0.39, 0.29) is 12.2 Å². The highest BCUT2D eigenvalue weighted by atomic mass is 16.5. The lowest BCUT2D eigenvalue weighted by molar-refractivity contribution is -0.130. The summed E-state index contributed by atoms with van der Waals surface area (Å²) in [7, 11) is 1.42. The molecule has 0 saturated carbocycles. The van der Waals surface area contributed by atoms with E-state index in [1.54, 1.807) is 12.1 Å². The molecule has 0 spiro atoms. The van der Waals surface area contributed by atoms with Crippen LogP contribution < -0.4 is 9.47 Å². The number of carbonyl (C=O) groups is 1. The summed E-state index contributed by atoms with van der Waals surface area (Å²) in [5.41, 5.74) is 1.38. The topological polar surface area (TPSA) is 65.0 Å². The van der Waals surface area contributed by atoms with E-state index in [9.17, 15) is 9.90 Å². The predicted molar refractivity (Wildman–Crippen MR) is 106 cm³/mol. The van der Waals surface area contributed by atoms with E-state index < -0.39 is 5.97 Å². The van der Waals surface area contributed by atoms with Crippen molar-refractivity contribution in [3.63, 3.8) is 0 Å². The molecule has 1 N–H and O–H groups in total. The molecule has 0 aromatic heterocycles. The highest BCUT2D eigenvalue weighted by Gasteiger charge is 2.15. The molecule has 3 aromatic carbocycles. The standard InChI is InChI=1S/C23H20O5/c1-26-16-22(23(24)25)21-10-6-5-7-17(21)15-27-18-11-13-20(14-12-18)28-19-8-3-2-4-9-19/h2-14,16H,15H2,1H3,(H,24,25)/b22-16+. The monoisotopic (exact) mass is 376 g/mol. The van der Waals surface area contributed by atoms with Crippen LogP contribution in [0.5, 0.6) is 17.2 Å². The molecule has 3 rings (SSSR count). The van der Waals surface area contributed by atoms with E-state index in [1.165, 1.54) is 13.4 Å². The molecule has 0 aliphatic rings. The lowest BCUT2D eigenvalue weighted by Gasteiger charge is -2.12. The summed E-state index contributed by atoms with van der Waals surface area (Å²) in [6, 6.07) is 24.0. The predicted octanol–water partition coefficient (Wildman–Crippen LogP) is 5.13. The van der Waals surface area contributed by atoms with Gasteiger partial charge in [-0.15, -0.1) is 0 Å². The van der Waals surface area contributed by atoms with Gasteiger partial charge in [0.1, 0.15) is 29.4 Å². The number of ether oxygens (including phenoxy) is 3. The first-order chi connectivity index (χ1) is 13.7. The van der Waals surface area contributed by atoms with Crippen molar-refractivity contribution in [1.82, 2.24) is 0 Å². The minimum atomic E-state index is -1.06. The lowest BCUT2D eigenvalue weighted by Crippen LogP contribution is -2.06. The second-order valence-electron chi connectivity index (χ2n) is 5.90. The third-order valence-electron chi connectivity index (χ3n) is 3.97. The smallest absolute Gasteiger partial charge is 0.339 e. The second kappa shape index (κ2) is 9.28. The minimum absolute atomic E-state index is 0.0771. The Morgan fingerprint density at radius 2 is 1.46 bits per heavy atom. The van der Waals surface area contributed by atoms with Crippen molar-refractivity contribution < 1.29 is 24.1 Å². The number of hydrogen-bond donors (Lipinski definition) is 1. The fraction of sp³-hybridized carbons (Fsp3) is 0.0870. The summed E-state index contributed by atoms with van der Waals surface area (Å²) >= 11 is 0. The number of methoxy groups -OCH3 is 1. The number of carboxylic acid groups (broad SMARTS) is 1. The summed E-state index contributed by atoms with van der Waals surface area (Å²) in [5, 5.41) is 9.42. The molecule has 0 radical (unpaired) electrons. The summed E-state index contributed by atoms with van der Waals surface area (Å²) in [6.07, 6.45) is 1.22. The van der Waals surface area contributed by atoms with Crippen LogP contribution in [0, 0.1) is 0 Å². The average molecular weight is 376 g/mol. The Morgan fingerprint density at radius 1 is 0.857 bits per heavy atom. The van der Waals surface area contributed by atoms with Gasteiger partial charge in [0, 0.05) is 0 Å². The van der Waals surface area contributed by atoms with Crippen LogP contribution in [0.25, 0.3) is 5.57 Å². The molecule has 5 heteroatoms. The minimum Gasteiger partial charge on any atom is -0.503 e. The molecule has 0 fully saturated rings. The van der Waals surface area contributed by atoms with Crippen molar-refractivity contribution >= 4 is 11.5 Å². The molecule has 28 heavy (non-hydrogen) atoms. The van der Waals surface area contributed by atoms with Gasteiger partial charge in [0.2, 0.25) is 0 Å². The largest absolute Gasteiger partial charge is 0.503 e. The SMILES string of the molecule is CO/C=C(/C(=O)O)c1ccccc1COc1ccc(Oc2ccccc2)cc1. The zero-order chi connectivity index (χ0) is 19.8. The van der Waals surface area contributed by atoms with E-state index in [4.69, 9.17) is 14.2 Å². The lowest BCUT2D eigenvalue weighted by atomic mass is 10.0. The second-order valence-corrected chi connectivity index (χ2v) is 5.90. The third-order valence-corrected chi connectivity index (χ3v) is 3.97. The molecule has 0 bridgehead atoms. The number of carboxylic acids is 1. The average Bonchev–Trinajstić information content (AvgIpc) is 2.72. The van der Waals surface area contributed by atoms with Crippen molar-refractivity contribution in [3.8, 4) is 17.2 Å². The molecule has 5 nitrogen and oxygen atoms in total. The zero-order valence-corrected chi connectivity index (χ0v) is 15.4. The van der Waals surface area contributed by atoms with Gasteiger partial charge in [0.25, 0.3) is 0 Å². The molecular formula is C23H20O5. The molecule has 0 saturated heterocycles. The van der Waals surface area contributed by atoms with E-state index >= 15 is 0 Å². The van der Waals surface area contributed by atoms with Gasteiger partial charge in [-0.25, -0.2) is 4.79 Å². The van der Waals surface area contributed by atoms with Gasteiger partial charge in [0.15, 0.2) is 0 Å². The van der Waals surface area contributed by atoms with Gasteiger partial charge in [-0.3, -0.25) is 0 Å². The van der Waals surface area contributed by atoms with Crippen molar-refractivity contribution in [2.75, 3.05) is 7.11 Å². The Balaban J connectivity index is 1.69. The molecular weight excluding hydrogens is 356 g/mol. The zero-order valence-electron chi connectivity index (χ0n) is 15.4. The van der Waals surface area contributed by atoms with Crippen molar-refractivity contribution in [3.05, 3.63) is 96.3 Å². The maximum Gasteiger partial charge on any atom is 0.339 e. The summed E-state index contributed by atoms with van der Waals surface area (Å²) in [5.74, 6) is 1.06.